The van der Waals surface area contributed by atoms with Crippen LogP contribution in [0, 0.1) is 0 Å². The van der Waals surface area contributed by atoms with Gasteiger partial charge in [-0.25, -0.2) is 4.98 Å². The highest BCUT2D eigenvalue weighted by atomic mass is 35.5. The SMILES string of the molecule is COc1ccnc(-c2cc(SCCN)cc(-c3cc(Cl)ccn3)n2)c1. The van der Waals surface area contributed by atoms with Crippen LogP contribution in [0.4, 0.5) is 0 Å². The number of ether oxygens (including phenoxy) is 1. The third kappa shape index (κ3) is 4.48. The highest BCUT2D eigenvalue weighted by molar-refractivity contribution is 7.99. The van der Waals surface area contributed by atoms with E-state index in [0.717, 1.165) is 33.5 Å². The fourth-order valence-electron chi connectivity index (χ4n) is 2.25. The lowest BCUT2D eigenvalue weighted by Crippen LogP contribution is -2.01. The summed E-state index contributed by atoms with van der Waals surface area (Å²) in [7, 11) is 1.63. The van der Waals surface area contributed by atoms with Crippen LogP contribution in [0.25, 0.3) is 22.8 Å². The largest absolute Gasteiger partial charge is 0.497 e. The van der Waals surface area contributed by atoms with Crippen LogP contribution in [0.5, 0.6) is 5.75 Å². The third-order valence-corrected chi connectivity index (χ3v) is 4.64. The number of aromatic nitrogens is 3. The molecule has 3 aromatic heterocycles. The van der Waals surface area contributed by atoms with Gasteiger partial charge in [0, 0.05) is 40.7 Å². The smallest absolute Gasteiger partial charge is 0.122 e. The molecule has 5 nitrogen and oxygen atoms in total. The van der Waals surface area contributed by atoms with Gasteiger partial charge in [0.1, 0.15) is 5.75 Å². The first-order valence-corrected chi connectivity index (χ1v) is 9.03. The van der Waals surface area contributed by atoms with Crippen molar-refractivity contribution < 1.29 is 4.74 Å². The molecule has 0 spiro atoms. The number of thioether (sulfide) groups is 1. The fraction of sp³-hybridized carbons (Fsp3) is 0.167. The van der Waals surface area contributed by atoms with Crippen molar-refractivity contribution in [3.8, 4) is 28.5 Å². The van der Waals surface area contributed by atoms with Crippen molar-refractivity contribution in [1.82, 2.24) is 15.0 Å². The molecule has 128 valence electrons. The Hall–Kier alpha value is -2.15. The lowest BCUT2D eigenvalue weighted by molar-refractivity contribution is 0.414. The summed E-state index contributed by atoms with van der Waals surface area (Å²) in [4.78, 5) is 14.5. The van der Waals surface area contributed by atoms with Crippen LogP contribution in [-0.4, -0.2) is 34.4 Å². The molecule has 0 atom stereocenters. The lowest BCUT2D eigenvalue weighted by Gasteiger charge is -2.09. The molecular weight excluding hydrogens is 356 g/mol. The minimum atomic E-state index is 0.602. The average Bonchev–Trinajstić information content (AvgIpc) is 2.66. The van der Waals surface area contributed by atoms with Gasteiger partial charge >= 0.3 is 0 Å². The van der Waals surface area contributed by atoms with Gasteiger partial charge in [0.05, 0.1) is 29.9 Å². The van der Waals surface area contributed by atoms with E-state index in [9.17, 15) is 0 Å². The number of hydrogen-bond donors (Lipinski definition) is 1. The Morgan fingerprint density at radius 2 is 1.68 bits per heavy atom. The molecule has 0 fully saturated rings. The quantitative estimate of drug-likeness (QED) is 0.661. The molecule has 0 saturated heterocycles. The Balaban J connectivity index is 2.09. The number of nitrogens with two attached hydrogens (primary N) is 1. The predicted molar refractivity (Wildman–Crippen MR) is 102 cm³/mol. The standard InChI is InChI=1S/C18H17ClN4OS/c1-24-13-3-6-22-16(9-13)18-11-14(25-7-4-20)10-17(23-18)15-8-12(19)2-5-21-15/h2-3,5-6,8-11H,4,7,20H2,1H3. The topological polar surface area (TPSA) is 73.9 Å². The van der Waals surface area contributed by atoms with Crippen LogP contribution in [0.15, 0.2) is 53.7 Å². The van der Waals surface area contributed by atoms with E-state index < -0.39 is 0 Å². The van der Waals surface area contributed by atoms with Gasteiger partial charge in [-0.15, -0.1) is 11.8 Å². The van der Waals surface area contributed by atoms with Gasteiger partial charge < -0.3 is 10.5 Å². The normalized spacial score (nSPS) is 10.7. The molecule has 0 aliphatic carbocycles. The van der Waals surface area contributed by atoms with Crippen LogP contribution in [0.1, 0.15) is 0 Å². The molecule has 3 rings (SSSR count). The van der Waals surface area contributed by atoms with Crippen molar-refractivity contribution in [3.05, 3.63) is 53.8 Å². The molecule has 0 aliphatic rings. The third-order valence-electron chi connectivity index (χ3n) is 3.40. The van der Waals surface area contributed by atoms with E-state index in [1.807, 2.05) is 18.2 Å². The fourth-order valence-corrected chi connectivity index (χ4v) is 3.15. The Morgan fingerprint density at radius 1 is 1.00 bits per heavy atom. The van der Waals surface area contributed by atoms with E-state index in [1.54, 1.807) is 49.5 Å². The molecule has 0 unspecified atom stereocenters. The highest BCUT2D eigenvalue weighted by Crippen LogP contribution is 2.29. The maximum Gasteiger partial charge on any atom is 0.122 e. The summed E-state index contributed by atoms with van der Waals surface area (Å²) in [5, 5.41) is 0.618. The summed E-state index contributed by atoms with van der Waals surface area (Å²) in [5.74, 6) is 1.55. The number of pyridine rings is 3. The number of halogens is 1. The molecule has 7 heteroatoms. The van der Waals surface area contributed by atoms with Crippen molar-refractivity contribution in [2.24, 2.45) is 5.73 Å². The number of nitrogens with zero attached hydrogens (tertiary/aromatic N) is 3. The molecule has 0 aromatic carbocycles. The highest BCUT2D eigenvalue weighted by Gasteiger charge is 2.10. The molecule has 25 heavy (non-hydrogen) atoms. The molecule has 0 saturated carbocycles. The Labute approximate surface area is 155 Å². The van der Waals surface area contributed by atoms with Gasteiger partial charge in [-0.05, 0) is 30.3 Å². The van der Waals surface area contributed by atoms with E-state index in [2.05, 4.69) is 9.97 Å². The van der Waals surface area contributed by atoms with Crippen LogP contribution in [0.2, 0.25) is 5.02 Å². The van der Waals surface area contributed by atoms with Crippen molar-refractivity contribution in [1.29, 1.82) is 0 Å². The van der Waals surface area contributed by atoms with Crippen LogP contribution in [0.3, 0.4) is 0 Å². The van der Waals surface area contributed by atoms with Gasteiger partial charge in [0.2, 0.25) is 0 Å². The van der Waals surface area contributed by atoms with Crippen LogP contribution < -0.4 is 10.5 Å². The monoisotopic (exact) mass is 372 g/mol. The van der Waals surface area contributed by atoms with Crippen molar-refractivity contribution in [3.63, 3.8) is 0 Å². The summed E-state index contributed by atoms with van der Waals surface area (Å²) in [5.41, 5.74) is 8.57. The zero-order valence-electron chi connectivity index (χ0n) is 13.6. The second kappa shape index (κ2) is 8.29. The minimum Gasteiger partial charge on any atom is -0.497 e. The average molecular weight is 373 g/mol. The van der Waals surface area contributed by atoms with E-state index in [0.29, 0.717) is 17.3 Å². The zero-order valence-corrected chi connectivity index (χ0v) is 15.2. The first-order valence-electron chi connectivity index (χ1n) is 7.67. The van der Waals surface area contributed by atoms with E-state index in [1.165, 1.54) is 0 Å². The number of methoxy groups -OCH3 is 1. The predicted octanol–water partition coefficient (Wildman–Crippen LogP) is 3.92. The maximum absolute atomic E-state index is 6.10. The van der Waals surface area contributed by atoms with Crippen molar-refractivity contribution in [2.75, 3.05) is 19.4 Å². The molecule has 3 heterocycles. The Kier molecular flexibility index (Phi) is 5.86. The van der Waals surface area contributed by atoms with Crippen molar-refractivity contribution >= 4 is 23.4 Å². The maximum atomic E-state index is 6.10. The Bertz CT molecular complexity index is 875. The first kappa shape index (κ1) is 17.7. The molecule has 0 aliphatic heterocycles. The summed E-state index contributed by atoms with van der Waals surface area (Å²) in [6, 6.07) is 11.2. The number of rotatable bonds is 6. The lowest BCUT2D eigenvalue weighted by atomic mass is 10.2. The summed E-state index contributed by atoms with van der Waals surface area (Å²) >= 11 is 7.76. The second-order valence-corrected chi connectivity index (χ2v) is 6.76. The Morgan fingerprint density at radius 3 is 2.32 bits per heavy atom. The van der Waals surface area contributed by atoms with Gasteiger partial charge in [0.15, 0.2) is 0 Å². The second-order valence-electron chi connectivity index (χ2n) is 5.15. The molecule has 0 bridgehead atoms. The molecule has 3 aromatic rings. The number of hydrogen-bond acceptors (Lipinski definition) is 6. The van der Waals surface area contributed by atoms with E-state index in [-0.39, 0.29) is 0 Å². The van der Waals surface area contributed by atoms with E-state index >= 15 is 0 Å². The molecule has 0 amide bonds. The zero-order chi connectivity index (χ0) is 17.6. The first-order chi connectivity index (χ1) is 12.2. The molecular formula is C18H17ClN4OS. The summed E-state index contributed by atoms with van der Waals surface area (Å²) in [6.07, 6.45) is 3.37. The van der Waals surface area contributed by atoms with Gasteiger partial charge in [-0.2, -0.15) is 0 Å². The minimum absolute atomic E-state index is 0.602. The van der Waals surface area contributed by atoms with Gasteiger partial charge in [-0.3, -0.25) is 9.97 Å². The van der Waals surface area contributed by atoms with Crippen molar-refractivity contribution in [2.45, 2.75) is 4.90 Å². The molecule has 0 radical (unpaired) electrons. The summed E-state index contributed by atoms with van der Waals surface area (Å²) < 4.78 is 5.28. The van der Waals surface area contributed by atoms with Crippen LogP contribution in [-0.2, 0) is 0 Å². The van der Waals surface area contributed by atoms with Gasteiger partial charge in [0.25, 0.3) is 0 Å². The van der Waals surface area contributed by atoms with Crippen LogP contribution >= 0.6 is 23.4 Å². The van der Waals surface area contributed by atoms with E-state index in [4.69, 9.17) is 27.1 Å². The summed E-state index contributed by atoms with van der Waals surface area (Å²) in [6.45, 7) is 0.602. The molecule has 2 N–H and O–H groups in total. The van der Waals surface area contributed by atoms with Gasteiger partial charge in [-0.1, -0.05) is 11.6 Å².